The van der Waals surface area contributed by atoms with Crippen molar-refractivity contribution >= 4 is 0 Å². The van der Waals surface area contributed by atoms with Crippen molar-refractivity contribution in [1.29, 1.82) is 0 Å². The summed E-state index contributed by atoms with van der Waals surface area (Å²) in [6, 6.07) is 10.6. The van der Waals surface area contributed by atoms with Gasteiger partial charge in [-0.1, -0.05) is 23.8 Å². The van der Waals surface area contributed by atoms with Crippen LogP contribution in [0, 0.1) is 13.8 Å². The third-order valence-corrected chi connectivity index (χ3v) is 5.09. The summed E-state index contributed by atoms with van der Waals surface area (Å²) in [6.07, 6.45) is 3.29. The summed E-state index contributed by atoms with van der Waals surface area (Å²) in [5, 5.41) is 0. The average Bonchev–Trinajstić information content (AvgIpc) is 2.66. The van der Waals surface area contributed by atoms with Crippen molar-refractivity contribution < 1.29 is 18.9 Å². The van der Waals surface area contributed by atoms with Gasteiger partial charge in [0.05, 0.1) is 33.5 Å². The van der Waals surface area contributed by atoms with E-state index in [1.54, 1.807) is 21.3 Å². The van der Waals surface area contributed by atoms with Gasteiger partial charge in [0.15, 0.2) is 11.5 Å². The molecule has 1 aliphatic heterocycles. The summed E-state index contributed by atoms with van der Waals surface area (Å²) in [5.74, 6) is 1.94. The van der Waals surface area contributed by atoms with Crippen molar-refractivity contribution in [2.45, 2.75) is 45.3 Å². The summed E-state index contributed by atoms with van der Waals surface area (Å²) >= 11 is 0. The maximum atomic E-state index is 6.50. The number of aryl methyl sites for hydroxylation is 2. The van der Waals surface area contributed by atoms with Crippen molar-refractivity contribution in [3.63, 3.8) is 0 Å². The highest BCUT2D eigenvalue weighted by Crippen LogP contribution is 2.45. The number of benzene rings is 2. The van der Waals surface area contributed by atoms with Crippen molar-refractivity contribution in [2.24, 2.45) is 0 Å². The molecular weight excluding hydrogens is 328 g/mol. The molecule has 0 radical (unpaired) electrons. The van der Waals surface area contributed by atoms with Gasteiger partial charge >= 0.3 is 0 Å². The molecule has 4 heteroatoms. The third-order valence-electron chi connectivity index (χ3n) is 5.09. The fraction of sp³-hybridized carbons (Fsp3) is 0.455. The van der Waals surface area contributed by atoms with E-state index in [0.29, 0.717) is 17.2 Å². The predicted molar refractivity (Wildman–Crippen MR) is 102 cm³/mol. The maximum Gasteiger partial charge on any atom is 0.203 e. The Morgan fingerprint density at radius 1 is 0.846 bits per heavy atom. The molecule has 0 saturated carbocycles. The smallest absolute Gasteiger partial charge is 0.203 e. The summed E-state index contributed by atoms with van der Waals surface area (Å²) in [4.78, 5) is 0. The maximum absolute atomic E-state index is 6.50. The predicted octanol–water partition coefficient (Wildman–Crippen LogP) is 5.31. The molecule has 26 heavy (non-hydrogen) atoms. The second-order valence-corrected chi connectivity index (χ2v) is 6.86. The Labute approximate surface area is 156 Å². The first-order valence-electron chi connectivity index (χ1n) is 9.10. The molecule has 0 amide bonds. The van der Waals surface area contributed by atoms with E-state index in [0.717, 1.165) is 24.8 Å². The molecule has 2 atom stereocenters. The zero-order valence-electron chi connectivity index (χ0n) is 16.3. The van der Waals surface area contributed by atoms with Crippen LogP contribution in [0.3, 0.4) is 0 Å². The first-order chi connectivity index (χ1) is 12.6. The molecule has 2 aromatic rings. The highest BCUT2D eigenvalue weighted by atomic mass is 16.5. The Kier molecular flexibility index (Phi) is 5.72. The molecule has 1 fully saturated rings. The summed E-state index contributed by atoms with van der Waals surface area (Å²) in [7, 11) is 4.90. The van der Waals surface area contributed by atoms with Gasteiger partial charge in [-0.05, 0) is 61.9 Å². The Bertz CT molecular complexity index is 744. The molecular formula is C22H28O4. The molecule has 3 rings (SSSR count). The topological polar surface area (TPSA) is 36.9 Å². The minimum absolute atomic E-state index is 0.0168. The van der Waals surface area contributed by atoms with Crippen LogP contribution < -0.4 is 14.2 Å². The summed E-state index contributed by atoms with van der Waals surface area (Å²) < 4.78 is 22.9. The highest BCUT2D eigenvalue weighted by Gasteiger charge is 2.27. The van der Waals surface area contributed by atoms with Crippen LogP contribution >= 0.6 is 0 Å². The molecule has 0 unspecified atom stereocenters. The lowest BCUT2D eigenvalue weighted by Gasteiger charge is -2.32. The monoisotopic (exact) mass is 356 g/mol. The van der Waals surface area contributed by atoms with Crippen molar-refractivity contribution in [3.8, 4) is 17.2 Å². The first-order valence-corrected chi connectivity index (χ1v) is 9.10. The van der Waals surface area contributed by atoms with E-state index in [1.165, 1.54) is 16.7 Å². The number of ether oxygens (including phenoxy) is 4. The third kappa shape index (κ3) is 3.65. The fourth-order valence-corrected chi connectivity index (χ4v) is 3.77. The van der Waals surface area contributed by atoms with Gasteiger partial charge in [0.25, 0.3) is 0 Å². The minimum atomic E-state index is 0.0168. The molecule has 0 spiro atoms. The van der Waals surface area contributed by atoms with Crippen molar-refractivity contribution in [1.82, 2.24) is 0 Å². The van der Waals surface area contributed by atoms with Gasteiger partial charge in [0, 0.05) is 0 Å². The lowest BCUT2D eigenvalue weighted by Crippen LogP contribution is -2.17. The van der Waals surface area contributed by atoms with Gasteiger partial charge in [0.1, 0.15) is 0 Å². The molecule has 0 aromatic heterocycles. The second-order valence-electron chi connectivity index (χ2n) is 6.86. The van der Waals surface area contributed by atoms with Crippen LogP contribution in [-0.2, 0) is 4.74 Å². The Hall–Kier alpha value is -2.20. The Balaban J connectivity index is 1.90. The lowest BCUT2D eigenvalue weighted by molar-refractivity contribution is -0.0539. The van der Waals surface area contributed by atoms with Gasteiger partial charge in [-0.2, -0.15) is 0 Å². The highest BCUT2D eigenvalue weighted by molar-refractivity contribution is 5.54. The average molecular weight is 356 g/mol. The van der Waals surface area contributed by atoms with E-state index in [2.05, 4.69) is 32.0 Å². The molecule has 1 aliphatic rings. The molecule has 2 aromatic carbocycles. The number of rotatable bonds is 5. The van der Waals surface area contributed by atoms with Crippen LogP contribution in [0.15, 0.2) is 30.3 Å². The molecule has 0 N–H and O–H groups in total. The van der Waals surface area contributed by atoms with E-state index in [4.69, 9.17) is 18.9 Å². The molecule has 0 bridgehead atoms. The summed E-state index contributed by atoms with van der Waals surface area (Å²) in [6.45, 7) is 4.28. The zero-order valence-corrected chi connectivity index (χ0v) is 16.3. The van der Waals surface area contributed by atoms with Crippen LogP contribution in [0.1, 0.15) is 53.7 Å². The molecule has 1 heterocycles. The lowest BCUT2D eigenvalue weighted by atomic mass is 9.92. The van der Waals surface area contributed by atoms with Crippen LogP contribution in [0.2, 0.25) is 0 Å². The van der Waals surface area contributed by atoms with E-state index in [1.807, 2.05) is 12.1 Å². The first kappa shape index (κ1) is 18.6. The van der Waals surface area contributed by atoms with Gasteiger partial charge < -0.3 is 18.9 Å². The molecule has 1 saturated heterocycles. The van der Waals surface area contributed by atoms with Gasteiger partial charge in [-0.25, -0.2) is 0 Å². The number of hydrogen-bond donors (Lipinski definition) is 0. The zero-order chi connectivity index (χ0) is 18.7. The van der Waals surface area contributed by atoms with E-state index in [-0.39, 0.29) is 12.2 Å². The van der Waals surface area contributed by atoms with Gasteiger partial charge in [-0.3, -0.25) is 0 Å². The SMILES string of the molecule is COc1cc([C@H]2CCC[C@H](c3ccc(C)cc3C)O2)cc(OC)c1OC. The fourth-order valence-electron chi connectivity index (χ4n) is 3.77. The van der Waals surface area contributed by atoms with Gasteiger partial charge in [0.2, 0.25) is 5.75 Å². The van der Waals surface area contributed by atoms with E-state index < -0.39 is 0 Å². The number of hydrogen-bond acceptors (Lipinski definition) is 4. The second kappa shape index (κ2) is 8.00. The molecule has 0 aliphatic carbocycles. The quantitative estimate of drug-likeness (QED) is 0.727. The molecule has 4 nitrogen and oxygen atoms in total. The van der Waals surface area contributed by atoms with E-state index in [9.17, 15) is 0 Å². The van der Waals surface area contributed by atoms with E-state index >= 15 is 0 Å². The largest absolute Gasteiger partial charge is 0.493 e. The Morgan fingerprint density at radius 2 is 1.50 bits per heavy atom. The normalized spacial score (nSPS) is 19.9. The minimum Gasteiger partial charge on any atom is -0.493 e. The van der Waals surface area contributed by atoms with Crippen LogP contribution in [0.4, 0.5) is 0 Å². The Morgan fingerprint density at radius 3 is 2.08 bits per heavy atom. The molecule has 140 valence electrons. The van der Waals surface area contributed by atoms with Crippen molar-refractivity contribution in [2.75, 3.05) is 21.3 Å². The summed E-state index contributed by atoms with van der Waals surface area (Å²) in [5.41, 5.74) is 4.92. The number of methoxy groups -OCH3 is 3. The van der Waals surface area contributed by atoms with Crippen LogP contribution in [0.5, 0.6) is 17.2 Å². The van der Waals surface area contributed by atoms with Crippen LogP contribution in [-0.4, -0.2) is 21.3 Å². The van der Waals surface area contributed by atoms with Crippen molar-refractivity contribution in [3.05, 3.63) is 52.6 Å². The standard InChI is InChI=1S/C22H28O4/c1-14-9-10-17(15(2)11-14)19-8-6-7-18(26-19)16-12-20(23-3)22(25-5)21(13-16)24-4/h9-13,18-19H,6-8H2,1-5H3/t18-,19-/m1/s1. The van der Waals surface area contributed by atoms with Crippen LogP contribution in [0.25, 0.3) is 0 Å². The van der Waals surface area contributed by atoms with Gasteiger partial charge in [-0.15, -0.1) is 0 Å².